The van der Waals surface area contributed by atoms with Crippen LogP contribution in [-0.4, -0.2) is 45.5 Å². The van der Waals surface area contributed by atoms with Gasteiger partial charge < -0.3 is 14.4 Å². The Labute approximate surface area is 122 Å². The first-order valence-electron chi connectivity index (χ1n) is 6.63. The van der Waals surface area contributed by atoms with Gasteiger partial charge >= 0.3 is 5.97 Å². The molecular formula is C14H19NO4S. The Morgan fingerprint density at radius 3 is 2.70 bits per heavy atom. The number of carbonyl (C=O) groups is 2. The predicted octanol–water partition coefficient (Wildman–Crippen LogP) is 2.51. The lowest BCUT2D eigenvalue weighted by Crippen LogP contribution is -2.46. The Morgan fingerprint density at radius 2 is 2.20 bits per heavy atom. The molecule has 20 heavy (non-hydrogen) atoms. The molecule has 1 aromatic heterocycles. The molecule has 0 bridgehead atoms. The molecule has 0 aromatic carbocycles. The number of hydrogen-bond donors (Lipinski definition) is 1. The van der Waals surface area contributed by atoms with Crippen molar-refractivity contribution in [2.24, 2.45) is 0 Å². The van der Waals surface area contributed by atoms with Gasteiger partial charge in [0.05, 0.1) is 0 Å². The van der Waals surface area contributed by atoms with Crippen molar-refractivity contribution in [3.05, 3.63) is 23.2 Å². The second kappa shape index (κ2) is 5.52. The van der Waals surface area contributed by atoms with E-state index in [1.807, 2.05) is 11.8 Å². The Morgan fingerprint density at radius 1 is 1.50 bits per heavy atom. The van der Waals surface area contributed by atoms with Crippen LogP contribution in [0.2, 0.25) is 0 Å². The van der Waals surface area contributed by atoms with E-state index in [1.165, 1.54) is 6.07 Å². The van der Waals surface area contributed by atoms with Gasteiger partial charge in [0, 0.05) is 36.1 Å². The minimum atomic E-state index is -1.06. The van der Waals surface area contributed by atoms with Gasteiger partial charge in [0.15, 0.2) is 5.76 Å². The van der Waals surface area contributed by atoms with Crippen LogP contribution in [-0.2, 0) is 6.42 Å². The number of nitrogens with zero attached hydrogens (tertiary/aromatic N) is 1. The monoisotopic (exact) mass is 297 g/mol. The molecule has 0 spiro atoms. The fourth-order valence-electron chi connectivity index (χ4n) is 2.32. The topological polar surface area (TPSA) is 70.8 Å². The van der Waals surface area contributed by atoms with Gasteiger partial charge in [-0.25, -0.2) is 4.79 Å². The van der Waals surface area contributed by atoms with Gasteiger partial charge in [0.25, 0.3) is 5.91 Å². The van der Waals surface area contributed by atoms with Gasteiger partial charge in [-0.15, -0.1) is 0 Å². The van der Waals surface area contributed by atoms with Crippen molar-refractivity contribution in [1.29, 1.82) is 0 Å². The summed E-state index contributed by atoms with van der Waals surface area (Å²) in [5.74, 6) is 0.0829. The molecule has 5 nitrogen and oxygen atoms in total. The molecule has 2 heterocycles. The Bertz CT molecular complexity index is 535. The molecule has 0 aliphatic carbocycles. The van der Waals surface area contributed by atoms with Crippen LogP contribution in [0, 0.1) is 0 Å². The van der Waals surface area contributed by atoms with E-state index >= 15 is 0 Å². The van der Waals surface area contributed by atoms with Crippen LogP contribution in [0.1, 0.15) is 47.4 Å². The number of rotatable bonds is 3. The van der Waals surface area contributed by atoms with E-state index in [0.717, 1.165) is 5.75 Å². The van der Waals surface area contributed by atoms with Crippen molar-refractivity contribution >= 4 is 23.6 Å². The van der Waals surface area contributed by atoms with Gasteiger partial charge in [0.1, 0.15) is 11.3 Å². The molecule has 0 saturated carbocycles. The standard InChI is InChI=1S/C14H19NO4S/c1-4-10-9(13(17)18)7-11(19-10)12(16)15-5-6-20-14(2,3)8-15/h7H,4-6,8H2,1-3H3,(H,17,18). The van der Waals surface area contributed by atoms with Crippen molar-refractivity contribution in [3.63, 3.8) is 0 Å². The largest absolute Gasteiger partial charge is 0.478 e. The van der Waals surface area contributed by atoms with E-state index in [-0.39, 0.29) is 22.0 Å². The SMILES string of the molecule is CCc1oc(C(=O)N2CCSC(C)(C)C2)cc1C(=O)O. The maximum Gasteiger partial charge on any atom is 0.339 e. The zero-order valence-electron chi connectivity index (χ0n) is 11.9. The summed E-state index contributed by atoms with van der Waals surface area (Å²) in [6.07, 6.45) is 0.455. The number of hydrogen-bond acceptors (Lipinski definition) is 4. The summed E-state index contributed by atoms with van der Waals surface area (Å²) in [6.45, 7) is 7.30. The highest BCUT2D eigenvalue weighted by Gasteiger charge is 2.32. The molecule has 1 aliphatic heterocycles. The van der Waals surface area contributed by atoms with Gasteiger partial charge in [-0.1, -0.05) is 6.92 Å². The third kappa shape index (κ3) is 3.00. The highest BCUT2D eigenvalue weighted by molar-refractivity contribution is 8.00. The van der Waals surface area contributed by atoms with Crippen molar-refractivity contribution in [2.75, 3.05) is 18.8 Å². The number of amides is 1. The molecular weight excluding hydrogens is 278 g/mol. The van der Waals surface area contributed by atoms with Crippen LogP contribution in [0.15, 0.2) is 10.5 Å². The fraction of sp³-hybridized carbons (Fsp3) is 0.571. The molecule has 110 valence electrons. The number of aryl methyl sites for hydroxylation is 1. The van der Waals surface area contributed by atoms with Crippen LogP contribution in [0.4, 0.5) is 0 Å². The second-order valence-corrected chi connectivity index (χ2v) is 7.24. The maximum atomic E-state index is 12.4. The van der Waals surface area contributed by atoms with Crippen molar-refractivity contribution in [2.45, 2.75) is 31.9 Å². The van der Waals surface area contributed by atoms with Crippen molar-refractivity contribution < 1.29 is 19.1 Å². The average Bonchev–Trinajstić information content (AvgIpc) is 2.80. The van der Waals surface area contributed by atoms with Crippen LogP contribution in [0.25, 0.3) is 0 Å². The molecule has 1 saturated heterocycles. The van der Waals surface area contributed by atoms with Crippen LogP contribution in [0.5, 0.6) is 0 Å². The summed E-state index contributed by atoms with van der Waals surface area (Å²) >= 11 is 1.84. The molecule has 2 rings (SSSR count). The lowest BCUT2D eigenvalue weighted by atomic mass is 10.1. The summed E-state index contributed by atoms with van der Waals surface area (Å²) in [5, 5.41) is 9.10. The van der Waals surface area contributed by atoms with Gasteiger partial charge in [-0.3, -0.25) is 4.79 Å². The number of carboxylic acids is 1. The van der Waals surface area contributed by atoms with E-state index in [4.69, 9.17) is 9.52 Å². The van der Waals surface area contributed by atoms with Gasteiger partial charge in [0.2, 0.25) is 0 Å². The minimum Gasteiger partial charge on any atom is -0.478 e. The first-order valence-corrected chi connectivity index (χ1v) is 7.62. The zero-order chi connectivity index (χ0) is 14.9. The number of carbonyl (C=O) groups excluding carboxylic acids is 1. The summed E-state index contributed by atoms with van der Waals surface area (Å²) in [4.78, 5) is 25.3. The maximum absolute atomic E-state index is 12.4. The lowest BCUT2D eigenvalue weighted by Gasteiger charge is -2.37. The Hall–Kier alpha value is -1.43. The predicted molar refractivity (Wildman–Crippen MR) is 77.5 cm³/mol. The smallest absolute Gasteiger partial charge is 0.339 e. The Kier molecular flexibility index (Phi) is 4.13. The molecule has 0 unspecified atom stereocenters. The normalized spacial score (nSPS) is 18.1. The summed E-state index contributed by atoms with van der Waals surface area (Å²) in [6, 6.07) is 1.35. The third-order valence-electron chi connectivity index (χ3n) is 3.28. The molecule has 1 aromatic rings. The van der Waals surface area contributed by atoms with E-state index in [0.29, 0.717) is 25.3 Å². The van der Waals surface area contributed by atoms with E-state index in [9.17, 15) is 9.59 Å². The molecule has 0 atom stereocenters. The quantitative estimate of drug-likeness (QED) is 0.928. The zero-order valence-corrected chi connectivity index (χ0v) is 12.7. The lowest BCUT2D eigenvalue weighted by molar-refractivity contribution is 0.0690. The van der Waals surface area contributed by atoms with E-state index < -0.39 is 5.97 Å². The van der Waals surface area contributed by atoms with E-state index in [1.54, 1.807) is 11.8 Å². The van der Waals surface area contributed by atoms with E-state index in [2.05, 4.69) is 13.8 Å². The van der Waals surface area contributed by atoms with Crippen LogP contribution >= 0.6 is 11.8 Å². The van der Waals surface area contributed by atoms with Crippen LogP contribution < -0.4 is 0 Å². The second-order valence-electron chi connectivity index (χ2n) is 5.44. The minimum absolute atomic E-state index is 0.0176. The summed E-state index contributed by atoms with van der Waals surface area (Å²) in [5.41, 5.74) is 0.0847. The van der Waals surface area contributed by atoms with Gasteiger partial charge in [-0.2, -0.15) is 11.8 Å². The summed E-state index contributed by atoms with van der Waals surface area (Å²) < 4.78 is 5.45. The van der Waals surface area contributed by atoms with Crippen molar-refractivity contribution in [1.82, 2.24) is 4.90 Å². The molecule has 1 fully saturated rings. The number of aromatic carboxylic acids is 1. The molecule has 1 aliphatic rings. The van der Waals surface area contributed by atoms with Crippen LogP contribution in [0.3, 0.4) is 0 Å². The van der Waals surface area contributed by atoms with Crippen molar-refractivity contribution in [3.8, 4) is 0 Å². The highest BCUT2D eigenvalue weighted by Crippen LogP contribution is 2.30. The molecule has 1 N–H and O–H groups in total. The number of thioether (sulfide) groups is 1. The Balaban J connectivity index is 2.23. The average molecular weight is 297 g/mol. The number of furan rings is 1. The fourth-order valence-corrected chi connectivity index (χ4v) is 3.43. The molecule has 0 radical (unpaired) electrons. The van der Waals surface area contributed by atoms with Gasteiger partial charge in [-0.05, 0) is 13.8 Å². The third-order valence-corrected chi connectivity index (χ3v) is 4.58. The first-order chi connectivity index (χ1) is 9.34. The molecule has 1 amide bonds. The number of carboxylic acid groups (broad SMARTS) is 1. The molecule has 6 heteroatoms. The highest BCUT2D eigenvalue weighted by atomic mass is 32.2. The summed E-state index contributed by atoms with van der Waals surface area (Å²) in [7, 11) is 0. The first kappa shape index (κ1) is 15.0.